The standard InChI is InChI=1S/C15H18Cl2N4/c1-18-15(19-6-9-21-7-2-3-8-21)20-11-12-4-5-13(16)10-14(12)17/h2-5,7-8,10H,6,9,11H2,1H3,(H2,18,19,20). The zero-order chi connectivity index (χ0) is 15.1. The number of benzene rings is 1. The summed E-state index contributed by atoms with van der Waals surface area (Å²) in [5.74, 6) is 0.744. The highest BCUT2D eigenvalue weighted by Gasteiger charge is 2.03. The Labute approximate surface area is 134 Å². The van der Waals surface area contributed by atoms with Crippen LogP contribution in [0.4, 0.5) is 0 Å². The van der Waals surface area contributed by atoms with Crippen LogP contribution in [0.15, 0.2) is 47.7 Å². The van der Waals surface area contributed by atoms with E-state index in [0.29, 0.717) is 16.6 Å². The second-order valence-electron chi connectivity index (χ2n) is 4.51. The first-order chi connectivity index (χ1) is 10.2. The van der Waals surface area contributed by atoms with E-state index in [1.807, 2.05) is 36.7 Å². The molecule has 2 aromatic rings. The fraction of sp³-hybridized carbons (Fsp3) is 0.267. The number of halogens is 2. The van der Waals surface area contributed by atoms with Gasteiger partial charge in [0, 0.05) is 49.1 Å². The molecule has 6 heteroatoms. The van der Waals surface area contributed by atoms with Crippen LogP contribution in [-0.2, 0) is 13.1 Å². The highest BCUT2D eigenvalue weighted by atomic mass is 35.5. The molecule has 1 aromatic carbocycles. The third-order valence-electron chi connectivity index (χ3n) is 3.01. The van der Waals surface area contributed by atoms with E-state index in [1.54, 1.807) is 13.1 Å². The molecule has 21 heavy (non-hydrogen) atoms. The van der Waals surface area contributed by atoms with E-state index in [1.165, 1.54) is 0 Å². The topological polar surface area (TPSA) is 41.4 Å². The van der Waals surface area contributed by atoms with Gasteiger partial charge in [-0.3, -0.25) is 4.99 Å². The predicted octanol–water partition coefficient (Wildman–Crippen LogP) is 3.16. The largest absolute Gasteiger partial charge is 0.355 e. The van der Waals surface area contributed by atoms with Gasteiger partial charge in [0.15, 0.2) is 5.96 Å². The highest BCUT2D eigenvalue weighted by molar-refractivity contribution is 6.35. The van der Waals surface area contributed by atoms with Gasteiger partial charge in [-0.05, 0) is 29.8 Å². The number of nitrogens with zero attached hydrogens (tertiary/aromatic N) is 2. The number of guanidine groups is 1. The molecule has 0 fully saturated rings. The zero-order valence-corrected chi connectivity index (χ0v) is 13.3. The van der Waals surface area contributed by atoms with Gasteiger partial charge in [0.05, 0.1) is 0 Å². The molecule has 0 atom stereocenters. The fourth-order valence-corrected chi connectivity index (χ4v) is 2.36. The first-order valence-electron chi connectivity index (χ1n) is 6.68. The summed E-state index contributed by atoms with van der Waals surface area (Å²) in [6.07, 6.45) is 4.07. The van der Waals surface area contributed by atoms with Crippen LogP contribution in [0.2, 0.25) is 10.0 Å². The van der Waals surface area contributed by atoms with Crippen molar-refractivity contribution in [3.63, 3.8) is 0 Å². The van der Waals surface area contributed by atoms with E-state index in [-0.39, 0.29) is 0 Å². The van der Waals surface area contributed by atoms with Crippen molar-refractivity contribution in [2.24, 2.45) is 4.99 Å². The number of hydrogen-bond acceptors (Lipinski definition) is 1. The first kappa shape index (κ1) is 15.7. The third kappa shape index (κ3) is 4.99. The molecule has 0 radical (unpaired) electrons. The van der Waals surface area contributed by atoms with Gasteiger partial charge in [-0.15, -0.1) is 0 Å². The predicted molar refractivity (Wildman–Crippen MR) is 89.1 cm³/mol. The minimum Gasteiger partial charge on any atom is -0.355 e. The quantitative estimate of drug-likeness (QED) is 0.655. The van der Waals surface area contributed by atoms with Crippen LogP contribution < -0.4 is 10.6 Å². The number of rotatable bonds is 5. The normalized spacial score (nSPS) is 11.5. The second kappa shape index (κ2) is 7.96. The van der Waals surface area contributed by atoms with Crippen LogP contribution in [0.25, 0.3) is 0 Å². The minimum absolute atomic E-state index is 0.596. The first-order valence-corrected chi connectivity index (χ1v) is 7.44. The lowest BCUT2D eigenvalue weighted by molar-refractivity contribution is 0.665. The molecule has 112 valence electrons. The number of nitrogens with one attached hydrogen (secondary N) is 2. The molecular weight excluding hydrogens is 307 g/mol. The Bertz CT molecular complexity index is 594. The average Bonchev–Trinajstić information content (AvgIpc) is 2.97. The second-order valence-corrected chi connectivity index (χ2v) is 5.35. The molecule has 0 unspecified atom stereocenters. The lowest BCUT2D eigenvalue weighted by Crippen LogP contribution is -2.38. The molecule has 0 saturated carbocycles. The van der Waals surface area contributed by atoms with Crippen LogP contribution in [0.1, 0.15) is 5.56 Å². The summed E-state index contributed by atoms with van der Waals surface area (Å²) in [6.45, 7) is 2.28. The number of aromatic nitrogens is 1. The van der Waals surface area contributed by atoms with Crippen molar-refractivity contribution >= 4 is 29.2 Å². The Kier molecular flexibility index (Phi) is 5.96. The van der Waals surface area contributed by atoms with Gasteiger partial charge in [0.2, 0.25) is 0 Å². The summed E-state index contributed by atoms with van der Waals surface area (Å²) in [5, 5.41) is 7.77. The summed E-state index contributed by atoms with van der Waals surface area (Å²) in [7, 11) is 1.74. The van der Waals surface area contributed by atoms with Gasteiger partial charge in [-0.2, -0.15) is 0 Å². The summed E-state index contributed by atoms with van der Waals surface area (Å²) in [5.41, 5.74) is 0.981. The van der Waals surface area contributed by atoms with Crippen LogP contribution in [0, 0.1) is 0 Å². The number of aliphatic imine (C=N–C) groups is 1. The van der Waals surface area contributed by atoms with Crippen LogP contribution in [0.3, 0.4) is 0 Å². The Morgan fingerprint density at radius 3 is 2.62 bits per heavy atom. The molecule has 0 spiro atoms. The average molecular weight is 325 g/mol. The molecule has 4 nitrogen and oxygen atoms in total. The highest BCUT2D eigenvalue weighted by Crippen LogP contribution is 2.20. The van der Waals surface area contributed by atoms with Crippen molar-refractivity contribution in [3.05, 3.63) is 58.3 Å². The number of hydrogen-bond donors (Lipinski definition) is 2. The monoisotopic (exact) mass is 324 g/mol. The van der Waals surface area contributed by atoms with Crippen molar-refractivity contribution in [3.8, 4) is 0 Å². The lowest BCUT2D eigenvalue weighted by Gasteiger charge is -2.13. The molecule has 0 aliphatic rings. The van der Waals surface area contributed by atoms with Crippen molar-refractivity contribution in [1.82, 2.24) is 15.2 Å². The lowest BCUT2D eigenvalue weighted by atomic mass is 10.2. The molecular formula is C15H18Cl2N4. The Morgan fingerprint density at radius 2 is 1.95 bits per heavy atom. The van der Waals surface area contributed by atoms with Crippen molar-refractivity contribution < 1.29 is 0 Å². The van der Waals surface area contributed by atoms with Crippen LogP contribution >= 0.6 is 23.2 Å². The molecule has 0 bridgehead atoms. The Balaban J connectivity index is 1.79. The van der Waals surface area contributed by atoms with E-state index in [9.17, 15) is 0 Å². The fourth-order valence-electron chi connectivity index (χ4n) is 1.89. The SMILES string of the molecule is CN=C(NCCn1cccc1)NCc1ccc(Cl)cc1Cl. The van der Waals surface area contributed by atoms with Gasteiger partial charge in [0.25, 0.3) is 0 Å². The van der Waals surface area contributed by atoms with E-state index in [2.05, 4.69) is 20.2 Å². The van der Waals surface area contributed by atoms with E-state index >= 15 is 0 Å². The Morgan fingerprint density at radius 1 is 1.19 bits per heavy atom. The summed E-state index contributed by atoms with van der Waals surface area (Å²) >= 11 is 12.0. The molecule has 0 aliphatic carbocycles. The molecule has 1 heterocycles. The van der Waals surface area contributed by atoms with Crippen LogP contribution in [0.5, 0.6) is 0 Å². The molecule has 2 N–H and O–H groups in total. The summed E-state index contributed by atoms with van der Waals surface area (Å²) < 4.78 is 2.11. The molecule has 2 rings (SSSR count). The van der Waals surface area contributed by atoms with Gasteiger partial charge < -0.3 is 15.2 Å². The molecule has 0 aliphatic heterocycles. The van der Waals surface area contributed by atoms with Gasteiger partial charge >= 0.3 is 0 Å². The van der Waals surface area contributed by atoms with Crippen LogP contribution in [-0.4, -0.2) is 24.1 Å². The Hall–Kier alpha value is -1.65. The molecule has 1 aromatic heterocycles. The maximum Gasteiger partial charge on any atom is 0.191 e. The van der Waals surface area contributed by atoms with Gasteiger partial charge in [-0.1, -0.05) is 29.3 Å². The van der Waals surface area contributed by atoms with Crippen molar-refractivity contribution in [1.29, 1.82) is 0 Å². The summed E-state index contributed by atoms with van der Waals surface area (Å²) in [4.78, 5) is 4.19. The maximum absolute atomic E-state index is 6.14. The van der Waals surface area contributed by atoms with Crippen molar-refractivity contribution in [2.45, 2.75) is 13.1 Å². The van der Waals surface area contributed by atoms with Crippen molar-refractivity contribution in [2.75, 3.05) is 13.6 Å². The summed E-state index contributed by atoms with van der Waals surface area (Å²) in [6, 6.07) is 9.49. The van der Waals surface area contributed by atoms with E-state index in [4.69, 9.17) is 23.2 Å². The minimum atomic E-state index is 0.596. The smallest absolute Gasteiger partial charge is 0.191 e. The molecule has 0 amide bonds. The zero-order valence-electron chi connectivity index (χ0n) is 11.8. The van der Waals surface area contributed by atoms with E-state index < -0.39 is 0 Å². The van der Waals surface area contributed by atoms with Gasteiger partial charge in [0.1, 0.15) is 0 Å². The molecule has 0 saturated heterocycles. The maximum atomic E-state index is 6.14. The third-order valence-corrected chi connectivity index (χ3v) is 3.60. The van der Waals surface area contributed by atoms with Gasteiger partial charge in [-0.25, -0.2) is 0 Å². The van der Waals surface area contributed by atoms with E-state index in [0.717, 1.165) is 24.6 Å².